The number of benzene rings is 1. The van der Waals surface area contributed by atoms with Crippen molar-refractivity contribution in [2.45, 2.75) is 33.7 Å². The Morgan fingerprint density at radius 1 is 1.14 bits per heavy atom. The highest BCUT2D eigenvalue weighted by Gasteiger charge is 2.26. The number of nitro benzene ring substituents is 1. The van der Waals surface area contributed by atoms with E-state index in [1.165, 1.54) is 25.0 Å². The predicted molar refractivity (Wildman–Crippen MR) is 89.9 cm³/mol. The van der Waals surface area contributed by atoms with E-state index in [1.54, 1.807) is 6.07 Å². The first-order valence-electron chi connectivity index (χ1n) is 6.66. The molecule has 1 fully saturated rings. The van der Waals surface area contributed by atoms with Gasteiger partial charge in [0.1, 0.15) is 0 Å². The van der Waals surface area contributed by atoms with Gasteiger partial charge in [0.25, 0.3) is 5.69 Å². The molecule has 0 saturated carbocycles. The van der Waals surface area contributed by atoms with Crippen LogP contribution in [0.25, 0.3) is 0 Å². The quantitative estimate of drug-likeness (QED) is 0.310. The fraction of sp³-hybridized carbons (Fsp3) is 0.538. The van der Waals surface area contributed by atoms with Crippen molar-refractivity contribution in [1.82, 2.24) is 0 Å². The zero-order chi connectivity index (χ0) is 15.5. The molecule has 21 heavy (non-hydrogen) atoms. The molecule has 1 saturated heterocycles. The molecular weight excluding hydrogens is 355 g/mol. The molecule has 0 unspecified atom stereocenters. The number of rotatable bonds is 3. The molecular formula is C13H15Cl3N2O2S. The lowest BCUT2D eigenvalue weighted by molar-refractivity contribution is -0.385. The third-order valence-corrected chi connectivity index (χ3v) is 4.80. The lowest BCUT2D eigenvalue weighted by atomic mass is 10.2. The van der Waals surface area contributed by atoms with E-state index in [4.69, 9.17) is 34.8 Å². The summed E-state index contributed by atoms with van der Waals surface area (Å²) in [6, 6.07) is 4.73. The Kier molecular flexibility index (Phi) is 5.88. The molecule has 4 nitrogen and oxygen atoms in total. The van der Waals surface area contributed by atoms with Gasteiger partial charge in [-0.2, -0.15) is 0 Å². The minimum atomic E-state index is -1.55. The zero-order valence-corrected chi connectivity index (χ0v) is 14.3. The number of hydrogen-bond donors (Lipinski definition) is 0. The van der Waals surface area contributed by atoms with Gasteiger partial charge in [-0.3, -0.25) is 10.1 Å². The Morgan fingerprint density at radius 3 is 2.29 bits per heavy atom. The van der Waals surface area contributed by atoms with E-state index in [9.17, 15) is 10.1 Å². The maximum absolute atomic E-state index is 10.9. The van der Waals surface area contributed by atoms with Gasteiger partial charge in [-0.15, -0.1) is 0 Å². The minimum absolute atomic E-state index is 0.00493. The van der Waals surface area contributed by atoms with Crippen molar-refractivity contribution in [2.24, 2.45) is 0 Å². The Balaban J connectivity index is 2.35. The number of hydrogen-bond acceptors (Lipinski definition) is 4. The fourth-order valence-electron chi connectivity index (χ4n) is 2.40. The molecule has 8 heteroatoms. The molecule has 1 aliphatic rings. The van der Waals surface area contributed by atoms with Crippen LogP contribution in [0.2, 0.25) is 0 Å². The van der Waals surface area contributed by atoms with Gasteiger partial charge in [-0.05, 0) is 18.9 Å². The van der Waals surface area contributed by atoms with E-state index in [0.29, 0.717) is 4.90 Å². The molecule has 116 valence electrons. The van der Waals surface area contributed by atoms with Gasteiger partial charge in [0.15, 0.2) is 0 Å². The summed E-state index contributed by atoms with van der Waals surface area (Å²) < 4.78 is -1.55. The summed E-state index contributed by atoms with van der Waals surface area (Å²) in [6.07, 6.45) is 4.62. The summed E-state index contributed by atoms with van der Waals surface area (Å²) in [4.78, 5) is 13.4. The van der Waals surface area contributed by atoms with Crippen LogP contribution in [0.5, 0.6) is 0 Å². The van der Waals surface area contributed by atoms with Crippen LogP contribution in [0.4, 0.5) is 11.4 Å². The molecule has 0 atom stereocenters. The van der Waals surface area contributed by atoms with Crippen molar-refractivity contribution < 1.29 is 4.92 Å². The van der Waals surface area contributed by atoms with E-state index in [1.807, 2.05) is 0 Å². The van der Waals surface area contributed by atoms with Crippen molar-refractivity contribution in [2.75, 3.05) is 18.0 Å². The fourth-order valence-corrected chi connectivity index (χ4v) is 3.87. The standard InChI is InChI=1S/C13H15Cl3N2O2S/c14-13(15,16)21-12-9-10(18(19)20)5-6-11(12)17-7-3-1-2-4-8-17/h5-6,9H,1-4,7-8H2. The summed E-state index contributed by atoms with van der Waals surface area (Å²) in [5, 5.41) is 10.9. The van der Waals surface area contributed by atoms with E-state index < -0.39 is 8.05 Å². The molecule has 0 aromatic heterocycles. The average Bonchev–Trinajstić information content (AvgIpc) is 2.65. The molecule has 1 aromatic carbocycles. The van der Waals surface area contributed by atoms with Gasteiger partial charge in [0.05, 0.1) is 10.6 Å². The first-order chi connectivity index (χ1) is 9.87. The highest BCUT2D eigenvalue weighted by molar-refractivity contribution is 8.04. The summed E-state index contributed by atoms with van der Waals surface area (Å²) in [6.45, 7) is 1.84. The second-order valence-corrected chi connectivity index (χ2v) is 9.07. The Bertz CT molecular complexity index is 515. The lowest BCUT2D eigenvalue weighted by Crippen LogP contribution is -2.24. The van der Waals surface area contributed by atoms with Crippen LogP contribution in [-0.4, -0.2) is 21.1 Å². The third kappa shape index (κ3) is 5.09. The average molecular weight is 370 g/mol. The monoisotopic (exact) mass is 368 g/mol. The number of nitrogens with zero attached hydrogens (tertiary/aromatic N) is 2. The maximum atomic E-state index is 10.9. The molecule has 1 aromatic rings. The van der Waals surface area contributed by atoms with Crippen LogP contribution < -0.4 is 4.90 Å². The zero-order valence-electron chi connectivity index (χ0n) is 11.2. The summed E-state index contributed by atoms with van der Waals surface area (Å²) in [7, 11) is 0. The number of non-ortho nitro benzene ring substituents is 1. The third-order valence-electron chi connectivity index (χ3n) is 3.33. The van der Waals surface area contributed by atoms with Crippen LogP contribution >= 0.6 is 46.6 Å². The normalized spacial score (nSPS) is 16.6. The largest absolute Gasteiger partial charge is 0.371 e. The Morgan fingerprint density at radius 2 is 1.76 bits per heavy atom. The van der Waals surface area contributed by atoms with Crippen molar-refractivity contribution in [3.05, 3.63) is 28.3 Å². The van der Waals surface area contributed by atoms with Crippen molar-refractivity contribution in [1.29, 1.82) is 0 Å². The van der Waals surface area contributed by atoms with Crippen molar-refractivity contribution in [3.8, 4) is 0 Å². The van der Waals surface area contributed by atoms with Crippen LogP contribution in [0.1, 0.15) is 25.7 Å². The molecule has 0 aliphatic carbocycles. The molecule has 1 heterocycles. The number of alkyl halides is 3. The van der Waals surface area contributed by atoms with E-state index in [-0.39, 0.29) is 5.69 Å². The SMILES string of the molecule is O=[N+]([O-])c1ccc(N2CCCCCC2)c(SC(Cl)(Cl)Cl)c1. The number of thioether (sulfide) groups is 1. The number of halogens is 3. The Labute approximate surface area is 142 Å². The topological polar surface area (TPSA) is 46.4 Å². The van der Waals surface area contributed by atoms with Crippen molar-refractivity contribution >= 4 is 57.9 Å². The van der Waals surface area contributed by atoms with Gasteiger partial charge < -0.3 is 4.90 Å². The van der Waals surface area contributed by atoms with Crippen molar-refractivity contribution in [3.63, 3.8) is 0 Å². The second kappa shape index (κ2) is 7.27. The van der Waals surface area contributed by atoms with E-state index >= 15 is 0 Å². The molecule has 0 amide bonds. The second-order valence-electron chi connectivity index (χ2n) is 4.86. The minimum Gasteiger partial charge on any atom is -0.371 e. The molecule has 0 spiro atoms. The summed E-state index contributed by atoms with van der Waals surface area (Å²) in [5.74, 6) is 0. The highest BCUT2D eigenvalue weighted by Crippen LogP contribution is 2.47. The molecule has 0 bridgehead atoms. The maximum Gasteiger partial charge on any atom is 0.270 e. The first kappa shape index (κ1) is 17.0. The molecule has 1 aliphatic heterocycles. The summed E-state index contributed by atoms with van der Waals surface area (Å²) >= 11 is 18.6. The lowest BCUT2D eigenvalue weighted by Gasteiger charge is -2.26. The molecule has 2 rings (SSSR count). The van der Waals surface area contributed by atoms with E-state index in [0.717, 1.165) is 43.4 Å². The highest BCUT2D eigenvalue weighted by atomic mass is 35.6. The predicted octanol–water partition coefficient (Wildman–Crippen LogP) is 5.40. The van der Waals surface area contributed by atoms with E-state index in [2.05, 4.69) is 4.90 Å². The van der Waals surface area contributed by atoms with Crippen LogP contribution in [0.15, 0.2) is 23.1 Å². The number of anilines is 1. The smallest absolute Gasteiger partial charge is 0.270 e. The Hall–Kier alpha value is -0.360. The van der Waals surface area contributed by atoms with Gasteiger partial charge in [-0.1, -0.05) is 59.4 Å². The summed E-state index contributed by atoms with van der Waals surface area (Å²) in [5.41, 5.74) is 0.907. The molecule has 0 N–H and O–H groups in total. The van der Waals surface area contributed by atoms with Gasteiger partial charge in [0, 0.05) is 30.1 Å². The van der Waals surface area contributed by atoms with Gasteiger partial charge >= 0.3 is 0 Å². The van der Waals surface area contributed by atoms with Gasteiger partial charge in [-0.25, -0.2) is 0 Å². The number of nitro groups is 1. The first-order valence-corrected chi connectivity index (χ1v) is 8.61. The molecule has 0 radical (unpaired) electrons. The van der Waals surface area contributed by atoms with Crippen LogP contribution in [0.3, 0.4) is 0 Å². The van der Waals surface area contributed by atoms with Crippen LogP contribution in [0, 0.1) is 10.1 Å². The van der Waals surface area contributed by atoms with Gasteiger partial charge in [0.2, 0.25) is 3.12 Å². The van der Waals surface area contributed by atoms with Crippen LogP contribution in [-0.2, 0) is 0 Å².